The van der Waals surface area contributed by atoms with E-state index in [1.165, 1.54) is 12.3 Å². The molecule has 14 heteroatoms. The van der Waals surface area contributed by atoms with E-state index in [0.717, 1.165) is 11.1 Å². The van der Waals surface area contributed by atoms with Gasteiger partial charge in [0, 0.05) is 50.7 Å². The SMILES string of the molecule is C=C1C[C@@H]2C[C@@H]3C[C@@H](O)C[C@@H](O3)c3coc(n3)C=CC[C@H]3O[C@@H](C(C)=Cc4coc(C[C@]5(O)C[C@H](OC)C[C@H](CO)O5)n4)[C@H](C)[C@@H](OC(=O)C=CC[C@@H](C1)O2)[C@H]3C. The zero-order chi connectivity index (χ0) is 40.3. The molecular weight excluding hydrogens is 736 g/mol. The number of hydrogen-bond acceptors (Lipinski definition) is 14. The molecule has 7 heterocycles. The van der Waals surface area contributed by atoms with Gasteiger partial charge in [0.2, 0.25) is 5.89 Å². The van der Waals surface area contributed by atoms with Gasteiger partial charge < -0.3 is 52.6 Å². The maximum absolute atomic E-state index is 13.4. The van der Waals surface area contributed by atoms with Gasteiger partial charge in [-0.3, -0.25) is 0 Å². The number of nitrogens with zero attached hydrogens (tertiary/aromatic N) is 2. The van der Waals surface area contributed by atoms with Gasteiger partial charge >= 0.3 is 5.97 Å². The molecule has 5 aliphatic heterocycles. The van der Waals surface area contributed by atoms with Crippen LogP contribution in [0.1, 0.15) is 108 Å². The molecule has 14 nitrogen and oxygen atoms in total. The predicted octanol–water partition coefficient (Wildman–Crippen LogP) is 5.57. The van der Waals surface area contributed by atoms with E-state index in [1.807, 2.05) is 39.0 Å². The van der Waals surface area contributed by atoms with Crippen LogP contribution in [0, 0.1) is 11.8 Å². The van der Waals surface area contributed by atoms with E-state index in [4.69, 9.17) is 42.2 Å². The predicted molar refractivity (Wildman–Crippen MR) is 206 cm³/mol. The van der Waals surface area contributed by atoms with Crippen LogP contribution in [0.2, 0.25) is 0 Å². The van der Waals surface area contributed by atoms with Crippen molar-refractivity contribution in [1.29, 1.82) is 0 Å². The highest BCUT2D eigenvalue weighted by Crippen LogP contribution is 2.39. The second-order valence-corrected chi connectivity index (χ2v) is 16.6. The fourth-order valence-corrected chi connectivity index (χ4v) is 9.19. The van der Waals surface area contributed by atoms with Crippen LogP contribution in [-0.4, -0.2) is 106 Å². The van der Waals surface area contributed by atoms with Gasteiger partial charge in [-0.2, -0.15) is 0 Å². The number of aromatic nitrogens is 2. The van der Waals surface area contributed by atoms with Crippen molar-refractivity contribution in [3.63, 3.8) is 0 Å². The van der Waals surface area contributed by atoms with Gasteiger partial charge in [-0.1, -0.05) is 38.2 Å². The summed E-state index contributed by atoms with van der Waals surface area (Å²) in [4.78, 5) is 22.7. The topological polar surface area (TPSA) is 185 Å². The molecule has 7 rings (SSSR count). The lowest BCUT2D eigenvalue weighted by atomic mass is 9.79. The second kappa shape index (κ2) is 18.2. The summed E-state index contributed by atoms with van der Waals surface area (Å²) in [6.07, 6.45) is 13.2. The molecule has 0 aliphatic carbocycles. The van der Waals surface area contributed by atoms with Gasteiger partial charge in [0.25, 0.3) is 0 Å². The Morgan fingerprint density at radius 1 is 0.982 bits per heavy atom. The third-order valence-corrected chi connectivity index (χ3v) is 12.0. The van der Waals surface area contributed by atoms with Crippen LogP contribution in [0.4, 0.5) is 0 Å². The Balaban J connectivity index is 1.11. The van der Waals surface area contributed by atoms with Crippen molar-refractivity contribution in [2.45, 2.75) is 152 Å². The van der Waals surface area contributed by atoms with E-state index in [9.17, 15) is 20.1 Å². The summed E-state index contributed by atoms with van der Waals surface area (Å²) < 4.78 is 48.8. The molecule has 2 aromatic rings. The normalized spacial score (nSPS) is 38.3. The van der Waals surface area contributed by atoms with Gasteiger partial charge in [-0.05, 0) is 56.8 Å². The van der Waals surface area contributed by atoms with Crippen LogP contribution >= 0.6 is 0 Å². The minimum Gasteiger partial charge on any atom is -0.458 e. The zero-order valence-corrected chi connectivity index (χ0v) is 33.4. The van der Waals surface area contributed by atoms with Crippen LogP contribution in [0.15, 0.2) is 57.3 Å². The molecule has 312 valence electrons. The van der Waals surface area contributed by atoms with E-state index in [1.54, 1.807) is 19.4 Å². The average molecular weight is 795 g/mol. The first-order valence-corrected chi connectivity index (χ1v) is 20.3. The highest BCUT2D eigenvalue weighted by Gasteiger charge is 2.45. The highest BCUT2D eigenvalue weighted by molar-refractivity contribution is 5.82. The number of aliphatic hydroxyl groups excluding tert-OH is 2. The lowest BCUT2D eigenvalue weighted by molar-refractivity contribution is -0.280. The lowest BCUT2D eigenvalue weighted by Crippen LogP contribution is -2.50. The Labute approximate surface area is 333 Å². The minimum atomic E-state index is -1.60. The molecule has 0 aromatic carbocycles. The number of carbonyl (C=O) groups is 1. The number of esters is 1. The first-order chi connectivity index (χ1) is 27.4. The number of hydrogen-bond donors (Lipinski definition) is 3. The van der Waals surface area contributed by atoms with Gasteiger partial charge in [0.05, 0.1) is 61.9 Å². The maximum atomic E-state index is 13.4. The fourth-order valence-electron chi connectivity index (χ4n) is 9.19. The Hall–Kier alpha value is -3.47. The molecule has 5 aliphatic rings. The number of aliphatic hydroxyl groups is 3. The summed E-state index contributed by atoms with van der Waals surface area (Å²) in [5.41, 5.74) is 3.11. The number of oxazole rings is 2. The molecule has 2 aromatic heterocycles. The number of rotatable bonds is 6. The van der Waals surface area contributed by atoms with Crippen molar-refractivity contribution in [3.05, 3.63) is 71.6 Å². The van der Waals surface area contributed by atoms with Gasteiger partial charge in [-0.15, -0.1) is 0 Å². The van der Waals surface area contributed by atoms with E-state index in [0.29, 0.717) is 68.6 Å². The molecule has 0 spiro atoms. The second-order valence-electron chi connectivity index (χ2n) is 16.6. The molecule has 4 fully saturated rings. The van der Waals surface area contributed by atoms with Crippen molar-refractivity contribution in [3.8, 4) is 0 Å². The molecule has 57 heavy (non-hydrogen) atoms. The smallest absolute Gasteiger partial charge is 0.330 e. The molecule has 4 saturated heterocycles. The summed E-state index contributed by atoms with van der Waals surface area (Å²) >= 11 is 0. The average Bonchev–Trinajstić information content (AvgIpc) is 3.82. The molecule has 8 bridgehead atoms. The van der Waals surface area contributed by atoms with Crippen LogP contribution in [0.3, 0.4) is 0 Å². The summed E-state index contributed by atoms with van der Waals surface area (Å²) in [6, 6.07) is 0. The Kier molecular flexibility index (Phi) is 13.3. The lowest BCUT2D eigenvalue weighted by Gasteiger charge is -2.44. The molecule has 0 amide bonds. The summed E-state index contributed by atoms with van der Waals surface area (Å²) in [5.74, 6) is -1.72. The third-order valence-electron chi connectivity index (χ3n) is 12.0. The quantitative estimate of drug-likeness (QED) is 0.243. The van der Waals surface area contributed by atoms with Crippen LogP contribution in [-0.2, 0) is 39.6 Å². The summed E-state index contributed by atoms with van der Waals surface area (Å²) in [6.45, 7) is 10.0. The van der Waals surface area contributed by atoms with Crippen molar-refractivity contribution in [1.82, 2.24) is 9.97 Å². The van der Waals surface area contributed by atoms with E-state index >= 15 is 0 Å². The number of methoxy groups -OCH3 is 1. The summed E-state index contributed by atoms with van der Waals surface area (Å²) in [7, 11) is 1.57. The third kappa shape index (κ3) is 10.4. The molecule has 0 unspecified atom stereocenters. The van der Waals surface area contributed by atoms with Crippen LogP contribution < -0.4 is 0 Å². The highest BCUT2D eigenvalue weighted by atomic mass is 16.6. The van der Waals surface area contributed by atoms with E-state index in [2.05, 4.69) is 11.6 Å². The minimum absolute atomic E-state index is 0.0194. The molecule has 0 radical (unpaired) electrons. The first kappa shape index (κ1) is 41.7. The first-order valence-electron chi connectivity index (χ1n) is 20.3. The Bertz CT molecular complexity index is 1770. The zero-order valence-electron chi connectivity index (χ0n) is 33.4. The fraction of sp³-hybridized carbons (Fsp3) is 0.651. The largest absolute Gasteiger partial charge is 0.458 e. The molecular formula is C43H58N2O12. The van der Waals surface area contributed by atoms with Crippen molar-refractivity contribution in [2.24, 2.45) is 11.8 Å². The molecule has 3 N–H and O–H groups in total. The molecule has 13 atom stereocenters. The van der Waals surface area contributed by atoms with Crippen molar-refractivity contribution in [2.75, 3.05) is 13.7 Å². The number of fused-ring (bicyclic) bond motifs is 9. The van der Waals surface area contributed by atoms with E-state index in [-0.39, 0.29) is 67.7 Å². The molecule has 0 saturated carbocycles. The Morgan fingerprint density at radius 3 is 2.60 bits per heavy atom. The van der Waals surface area contributed by atoms with E-state index < -0.39 is 42.3 Å². The number of carbonyl (C=O) groups excluding carboxylic acids is 1. The summed E-state index contributed by atoms with van der Waals surface area (Å²) in [5, 5.41) is 31.7. The van der Waals surface area contributed by atoms with Gasteiger partial charge in [0.1, 0.15) is 36.1 Å². The number of ether oxygens (including phenoxy) is 6. The van der Waals surface area contributed by atoms with Crippen LogP contribution in [0.5, 0.6) is 0 Å². The van der Waals surface area contributed by atoms with Gasteiger partial charge in [0.15, 0.2) is 11.7 Å². The van der Waals surface area contributed by atoms with Crippen molar-refractivity contribution >= 4 is 18.1 Å². The Morgan fingerprint density at radius 2 is 1.79 bits per heavy atom. The maximum Gasteiger partial charge on any atom is 0.330 e. The van der Waals surface area contributed by atoms with Crippen molar-refractivity contribution < 1.29 is 57.4 Å². The van der Waals surface area contributed by atoms with Gasteiger partial charge in [-0.25, -0.2) is 14.8 Å². The van der Waals surface area contributed by atoms with Crippen LogP contribution in [0.25, 0.3) is 12.2 Å². The standard InChI is InChI=1S/C43H58N2O12/c1-24-12-30-8-6-11-40(48)56-42-26(3)36(9-7-10-38-45-35(23-52-38)37-16-29(47)15-32(54-37)17-31(13-24)53-30)55-41(27(42)4)25(2)14-28-22-51-39(44-28)20-43(49)19-33(50-5)18-34(21-46)57-43/h6-7,10-11,14,22-23,26-27,29-34,36-37,41-42,46-47,49H,1,8-9,12-13,15-21H2,2-5H3/t26-,27-,29+,30-,31+,32-,33+,34+,36+,37+,41-,42-,43-/m0/s1. The monoisotopic (exact) mass is 794 g/mol.